The van der Waals surface area contributed by atoms with E-state index in [2.05, 4.69) is 29.6 Å². The third kappa shape index (κ3) is 4.52. The number of nitrogens with one attached hydrogen (secondary N) is 1. The van der Waals surface area contributed by atoms with Crippen LogP contribution >= 0.6 is 0 Å². The van der Waals surface area contributed by atoms with Gasteiger partial charge in [-0.15, -0.1) is 0 Å². The summed E-state index contributed by atoms with van der Waals surface area (Å²) in [6.45, 7) is 2.51. The number of carbonyl (C=O) groups excluding carboxylic acids is 1. The molecule has 144 valence electrons. The summed E-state index contributed by atoms with van der Waals surface area (Å²) in [5.41, 5.74) is 6.22. The maximum absolute atomic E-state index is 12.3. The molecule has 5 heteroatoms. The number of furan rings is 1. The number of para-hydroxylation sites is 2. The molecule has 0 aliphatic carbocycles. The molecule has 0 atom stereocenters. The standard InChI is InChI=1S/C24H20N2O3/c1-17-10-12-18(13-11-17)16-28-21-8-4-3-7-20(21)15-25-26-24(27)23-14-19-6-2-5-9-22(19)29-23/h2-15H,16H2,1H3,(H,26,27)/b25-15+. The molecule has 3 aromatic carbocycles. The highest BCUT2D eigenvalue weighted by atomic mass is 16.5. The van der Waals surface area contributed by atoms with Crippen molar-refractivity contribution in [2.24, 2.45) is 5.10 Å². The van der Waals surface area contributed by atoms with Gasteiger partial charge in [0.15, 0.2) is 5.76 Å². The van der Waals surface area contributed by atoms with Gasteiger partial charge < -0.3 is 9.15 Å². The average molecular weight is 384 g/mol. The molecule has 0 fully saturated rings. The summed E-state index contributed by atoms with van der Waals surface area (Å²) in [4.78, 5) is 12.3. The maximum atomic E-state index is 12.3. The number of fused-ring (bicyclic) bond motifs is 1. The van der Waals surface area contributed by atoms with Crippen LogP contribution in [0.1, 0.15) is 27.2 Å². The lowest BCUT2D eigenvalue weighted by molar-refractivity contribution is 0.0929. The molecule has 1 heterocycles. The van der Waals surface area contributed by atoms with E-state index in [9.17, 15) is 4.79 Å². The van der Waals surface area contributed by atoms with Crippen molar-refractivity contribution in [1.29, 1.82) is 0 Å². The Bertz CT molecular complexity index is 1130. The summed E-state index contributed by atoms with van der Waals surface area (Å²) in [7, 11) is 0. The molecule has 0 radical (unpaired) electrons. The molecule has 1 amide bonds. The number of hydrogen-bond donors (Lipinski definition) is 1. The number of hydrogen-bond acceptors (Lipinski definition) is 4. The summed E-state index contributed by atoms with van der Waals surface area (Å²) in [6.07, 6.45) is 1.56. The minimum absolute atomic E-state index is 0.215. The molecule has 1 aromatic heterocycles. The highest BCUT2D eigenvalue weighted by Gasteiger charge is 2.11. The van der Waals surface area contributed by atoms with E-state index in [1.54, 1.807) is 12.3 Å². The van der Waals surface area contributed by atoms with Crippen molar-refractivity contribution in [1.82, 2.24) is 5.43 Å². The Morgan fingerprint density at radius 2 is 1.79 bits per heavy atom. The zero-order valence-electron chi connectivity index (χ0n) is 16.0. The smallest absolute Gasteiger partial charge is 0.307 e. The first kappa shape index (κ1) is 18.5. The van der Waals surface area contributed by atoms with Crippen molar-refractivity contribution >= 4 is 23.1 Å². The SMILES string of the molecule is Cc1ccc(COc2ccccc2/C=N/NC(=O)c2cc3ccccc3o2)cc1. The largest absolute Gasteiger partial charge is 0.488 e. The van der Waals surface area contributed by atoms with E-state index >= 15 is 0 Å². The van der Waals surface area contributed by atoms with E-state index in [4.69, 9.17) is 9.15 Å². The molecule has 0 saturated carbocycles. The molecule has 5 nitrogen and oxygen atoms in total. The first-order valence-corrected chi connectivity index (χ1v) is 9.28. The number of hydrazone groups is 1. The minimum Gasteiger partial charge on any atom is -0.488 e. The van der Waals surface area contributed by atoms with Crippen LogP contribution in [0.15, 0.2) is 88.4 Å². The van der Waals surface area contributed by atoms with E-state index in [0.29, 0.717) is 17.9 Å². The van der Waals surface area contributed by atoms with Crippen LogP contribution in [-0.4, -0.2) is 12.1 Å². The van der Waals surface area contributed by atoms with Gasteiger partial charge in [-0.05, 0) is 36.8 Å². The van der Waals surface area contributed by atoms with Crippen LogP contribution in [0.4, 0.5) is 0 Å². The van der Waals surface area contributed by atoms with Gasteiger partial charge in [-0.1, -0.05) is 60.2 Å². The van der Waals surface area contributed by atoms with Crippen LogP contribution in [0.5, 0.6) is 5.75 Å². The first-order chi connectivity index (χ1) is 14.2. The summed E-state index contributed by atoms with van der Waals surface area (Å²) in [6, 6.07) is 24.9. The Morgan fingerprint density at radius 3 is 2.62 bits per heavy atom. The van der Waals surface area contributed by atoms with Crippen molar-refractivity contribution in [3.63, 3.8) is 0 Å². The fourth-order valence-corrected chi connectivity index (χ4v) is 2.87. The predicted molar refractivity (Wildman–Crippen MR) is 113 cm³/mol. The number of aryl methyl sites for hydroxylation is 1. The number of benzene rings is 3. The second-order valence-electron chi connectivity index (χ2n) is 6.66. The molecule has 4 rings (SSSR count). The van der Waals surface area contributed by atoms with Crippen LogP contribution < -0.4 is 10.2 Å². The summed E-state index contributed by atoms with van der Waals surface area (Å²) in [5.74, 6) is 0.498. The Hall–Kier alpha value is -3.86. The van der Waals surface area contributed by atoms with Crippen LogP contribution in [0.3, 0.4) is 0 Å². The number of ether oxygens (including phenoxy) is 1. The molecule has 0 aliphatic heterocycles. The lowest BCUT2D eigenvalue weighted by Crippen LogP contribution is -2.16. The molecule has 0 bridgehead atoms. The maximum Gasteiger partial charge on any atom is 0.307 e. The fourth-order valence-electron chi connectivity index (χ4n) is 2.87. The van der Waals surface area contributed by atoms with Gasteiger partial charge in [0.2, 0.25) is 0 Å². The van der Waals surface area contributed by atoms with E-state index < -0.39 is 5.91 Å². The van der Waals surface area contributed by atoms with Gasteiger partial charge in [-0.3, -0.25) is 4.79 Å². The van der Waals surface area contributed by atoms with Gasteiger partial charge in [0.1, 0.15) is 17.9 Å². The Labute approximate surface area is 168 Å². The van der Waals surface area contributed by atoms with Crippen molar-refractivity contribution in [3.05, 3.63) is 101 Å². The van der Waals surface area contributed by atoms with Crippen molar-refractivity contribution in [3.8, 4) is 5.75 Å². The molecule has 4 aromatic rings. The lowest BCUT2D eigenvalue weighted by atomic mass is 10.1. The second kappa shape index (κ2) is 8.44. The summed E-state index contributed by atoms with van der Waals surface area (Å²) >= 11 is 0. The molecule has 0 aliphatic rings. The molecule has 0 saturated heterocycles. The molecular weight excluding hydrogens is 364 g/mol. The molecule has 1 N–H and O–H groups in total. The Morgan fingerprint density at radius 1 is 1.03 bits per heavy atom. The van der Waals surface area contributed by atoms with Gasteiger partial charge in [-0.2, -0.15) is 5.10 Å². The highest BCUT2D eigenvalue weighted by Crippen LogP contribution is 2.19. The van der Waals surface area contributed by atoms with E-state index in [-0.39, 0.29) is 5.76 Å². The van der Waals surface area contributed by atoms with Gasteiger partial charge in [-0.25, -0.2) is 5.43 Å². The zero-order chi connectivity index (χ0) is 20.1. The third-order valence-electron chi connectivity index (χ3n) is 4.45. The topological polar surface area (TPSA) is 63.8 Å². The van der Waals surface area contributed by atoms with E-state index in [1.165, 1.54) is 5.56 Å². The van der Waals surface area contributed by atoms with Gasteiger partial charge >= 0.3 is 5.91 Å². The normalized spacial score (nSPS) is 11.1. The molecule has 29 heavy (non-hydrogen) atoms. The van der Waals surface area contributed by atoms with Crippen LogP contribution in [-0.2, 0) is 6.61 Å². The number of rotatable bonds is 6. The summed E-state index contributed by atoms with van der Waals surface area (Å²) in [5, 5.41) is 4.92. The molecular formula is C24H20N2O3. The predicted octanol–water partition coefficient (Wildman–Crippen LogP) is 5.08. The van der Waals surface area contributed by atoms with Gasteiger partial charge in [0, 0.05) is 10.9 Å². The Balaban J connectivity index is 1.41. The van der Waals surface area contributed by atoms with Crippen molar-refractivity contribution in [2.75, 3.05) is 0 Å². The first-order valence-electron chi connectivity index (χ1n) is 9.28. The van der Waals surface area contributed by atoms with Crippen LogP contribution in [0.25, 0.3) is 11.0 Å². The Kier molecular flexibility index (Phi) is 5.38. The van der Waals surface area contributed by atoms with Crippen LogP contribution in [0, 0.1) is 6.92 Å². The van der Waals surface area contributed by atoms with Gasteiger partial charge in [0.25, 0.3) is 0 Å². The van der Waals surface area contributed by atoms with Gasteiger partial charge in [0.05, 0.1) is 6.21 Å². The van der Waals surface area contributed by atoms with E-state index in [0.717, 1.165) is 16.5 Å². The average Bonchev–Trinajstić information content (AvgIpc) is 3.18. The zero-order valence-corrected chi connectivity index (χ0v) is 16.0. The summed E-state index contributed by atoms with van der Waals surface area (Å²) < 4.78 is 11.5. The minimum atomic E-state index is -0.407. The molecule has 0 unspecified atom stereocenters. The van der Waals surface area contributed by atoms with E-state index in [1.807, 2.05) is 60.7 Å². The van der Waals surface area contributed by atoms with Crippen molar-refractivity contribution in [2.45, 2.75) is 13.5 Å². The number of nitrogens with zero attached hydrogens (tertiary/aromatic N) is 1. The lowest BCUT2D eigenvalue weighted by Gasteiger charge is -2.09. The number of amides is 1. The van der Waals surface area contributed by atoms with Crippen LogP contribution in [0.2, 0.25) is 0 Å². The third-order valence-corrected chi connectivity index (χ3v) is 4.45. The number of carbonyl (C=O) groups is 1. The second-order valence-corrected chi connectivity index (χ2v) is 6.66. The highest BCUT2D eigenvalue weighted by molar-refractivity contribution is 5.96. The fraction of sp³-hybridized carbons (Fsp3) is 0.0833. The molecule has 0 spiro atoms. The monoisotopic (exact) mass is 384 g/mol. The van der Waals surface area contributed by atoms with Crippen molar-refractivity contribution < 1.29 is 13.9 Å². The quantitative estimate of drug-likeness (QED) is 0.372.